The number of aryl methyl sites for hydroxylation is 1. The van der Waals surface area contributed by atoms with Crippen molar-refractivity contribution in [2.75, 3.05) is 6.79 Å². The van der Waals surface area contributed by atoms with Crippen molar-refractivity contribution in [3.63, 3.8) is 0 Å². The number of hydrogen-bond donors (Lipinski definition) is 1. The normalized spacial score (nSPS) is 13.3. The number of rotatable bonds is 6. The molecule has 0 bridgehead atoms. The zero-order valence-corrected chi connectivity index (χ0v) is 17.1. The minimum Gasteiger partial charge on any atom is -0.454 e. The van der Waals surface area contributed by atoms with E-state index >= 15 is 0 Å². The summed E-state index contributed by atoms with van der Waals surface area (Å²) >= 11 is 0. The molecule has 1 aliphatic rings. The summed E-state index contributed by atoms with van der Waals surface area (Å²) in [6, 6.07) is 13.7. The molecule has 1 unspecified atom stereocenters. The largest absolute Gasteiger partial charge is 0.454 e. The molecule has 31 heavy (non-hydrogen) atoms. The number of imidazole rings is 1. The summed E-state index contributed by atoms with van der Waals surface area (Å²) in [5, 5.41) is 3.01. The maximum atomic E-state index is 12.9. The van der Waals surface area contributed by atoms with Crippen LogP contribution in [0.3, 0.4) is 0 Å². The second-order valence-electron chi connectivity index (χ2n) is 7.58. The van der Waals surface area contributed by atoms with E-state index in [9.17, 15) is 4.79 Å². The van der Waals surface area contributed by atoms with Crippen LogP contribution in [0.25, 0.3) is 5.65 Å². The molecule has 5 rings (SSSR count). The van der Waals surface area contributed by atoms with Gasteiger partial charge in [-0.2, -0.15) is 0 Å². The summed E-state index contributed by atoms with van der Waals surface area (Å²) in [5.74, 6) is 1.18. The Morgan fingerprint density at radius 2 is 2.06 bits per heavy atom. The molecule has 0 radical (unpaired) electrons. The first-order chi connectivity index (χ1) is 15.2. The molecule has 0 spiro atoms. The molecule has 0 saturated heterocycles. The third kappa shape index (κ3) is 3.82. The zero-order valence-electron chi connectivity index (χ0n) is 17.1. The second kappa shape index (κ2) is 8.10. The molecule has 1 amide bonds. The molecular weight excluding hydrogens is 392 g/mol. The van der Waals surface area contributed by atoms with Crippen molar-refractivity contribution in [3.8, 4) is 11.5 Å². The average Bonchev–Trinajstić information content (AvgIpc) is 3.44. The van der Waals surface area contributed by atoms with Crippen molar-refractivity contribution in [1.29, 1.82) is 0 Å². The van der Waals surface area contributed by atoms with Crippen LogP contribution in [0.2, 0.25) is 0 Å². The highest BCUT2D eigenvalue weighted by Gasteiger charge is 2.24. The standard InChI is InChI=1S/C24H22N4O3/c1-16-4-3-9-28-20(14-27-24(16)28)19(18-6-7-21-22(10-18)31-15-30-21)11-23(29)26-13-17-5-2-8-25-12-17/h2-10,12,14,19H,11,13,15H2,1H3,(H,26,29). The Morgan fingerprint density at radius 3 is 2.94 bits per heavy atom. The molecule has 4 heterocycles. The SMILES string of the molecule is Cc1cccn2c(C(CC(=O)NCc3cccnc3)c3ccc4c(c3)OCO4)cnc12. The van der Waals surface area contributed by atoms with Gasteiger partial charge in [0, 0.05) is 43.7 Å². The van der Waals surface area contributed by atoms with Crippen molar-refractivity contribution in [2.24, 2.45) is 0 Å². The monoisotopic (exact) mass is 414 g/mol. The summed E-state index contributed by atoms with van der Waals surface area (Å²) < 4.78 is 13.1. The van der Waals surface area contributed by atoms with Crippen LogP contribution in [0.1, 0.15) is 34.7 Å². The predicted octanol–water partition coefficient (Wildman–Crippen LogP) is 3.60. The van der Waals surface area contributed by atoms with Crippen LogP contribution in [0.4, 0.5) is 0 Å². The number of amides is 1. The number of ether oxygens (including phenoxy) is 2. The summed E-state index contributed by atoms with van der Waals surface area (Å²) in [7, 11) is 0. The van der Waals surface area contributed by atoms with E-state index in [-0.39, 0.29) is 25.0 Å². The fourth-order valence-corrected chi connectivity index (χ4v) is 3.91. The number of fused-ring (bicyclic) bond motifs is 2. The third-order valence-corrected chi connectivity index (χ3v) is 5.52. The number of carbonyl (C=O) groups excluding carboxylic acids is 1. The quantitative estimate of drug-likeness (QED) is 0.522. The fourth-order valence-electron chi connectivity index (χ4n) is 3.91. The Labute approximate surface area is 179 Å². The van der Waals surface area contributed by atoms with E-state index in [2.05, 4.69) is 19.7 Å². The summed E-state index contributed by atoms with van der Waals surface area (Å²) in [4.78, 5) is 21.6. The number of benzene rings is 1. The first-order valence-corrected chi connectivity index (χ1v) is 10.2. The Kier molecular flexibility index (Phi) is 5.00. The van der Waals surface area contributed by atoms with Gasteiger partial charge in [-0.25, -0.2) is 4.98 Å². The van der Waals surface area contributed by atoms with Gasteiger partial charge in [0.15, 0.2) is 11.5 Å². The molecule has 7 nitrogen and oxygen atoms in total. The predicted molar refractivity (Wildman–Crippen MR) is 115 cm³/mol. The molecule has 7 heteroatoms. The molecule has 1 atom stereocenters. The molecule has 4 aromatic rings. The first kappa shape index (κ1) is 19.1. The number of aromatic nitrogens is 3. The van der Waals surface area contributed by atoms with Crippen LogP contribution in [-0.2, 0) is 11.3 Å². The van der Waals surface area contributed by atoms with E-state index in [1.54, 1.807) is 12.4 Å². The van der Waals surface area contributed by atoms with Crippen molar-refractivity contribution >= 4 is 11.6 Å². The molecular formula is C24H22N4O3. The van der Waals surface area contributed by atoms with Gasteiger partial charge in [-0.15, -0.1) is 0 Å². The van der Waals surface area contributed by atoms with Gasteiger partial charge in [-0.1, -0.05) is 18.2 Å². The molecule has 0 fully saturated rings. The van der Waals surface area contributed by atoms with Crippen molar-refractivity contribution in [2.45, 2.75) is 25.8 Å². The number of pyridine rings is 2. The van der Waals surface area contributed by atoms with Crippen molar-refractivity contribution < 1.29 is 14.3 Å². The topological polar surface area (TPSA) is 77.8 Å². The molecule has 3 aromatic heterocycles. The van der Waals surface area contributed by atoms with Gasteiger partial charge < -0.3 is 19.2 Å². The van der Waals surface area contributed by atoms with Gasteiger partial charge >= 0.3 is 0 Å². The van der Waals surface area contributed by atoms with Crippen LogP contribution < -0.4 is 14.8 Å². The lowest BCUT2D eigenvalue weighted by Crippen LogP contribution is -2.25. The highest BCUT2D eigenvalue weighted by Crippen LogP contribution is 2.37. The van der Waals surface area contributed by atoms with E-state index in [1.807, 2.05) is 61.8 Å². The molecule has 156 valence electrons. The molecule has 0 aliphatic carbocycles. The highest BCUT2D eigenvalue weighted by atomic mass is 16.7. The van der Waals surface area contributed by atoms with E-state index in [0.717, 1.165) is 33.8 Å². The zero-order chi connectivity index (χ0) is 21.2. The smallest absolute Gasteiger partial charge is 0.231 e. The lowest BCUT2D eigenvalue weighted by atomic mass is 9.92. The van der Waals surface area contributed by atoms with Crippen LogP contribution in [0, 0.1) is 6.92 Å². The van der Waals surface area contributed by atoms with Crippen LogP contribution in [-0.4, -0.2) is 27.1 Å². The number of hydrogen-bond acceptors (Lipinski definition) is 5. The number of nitrogens with one attached hydrogen (secondary N) is 1. The summed E-state index contributed by atoms with van der Waals surface area (Å²) in [6.45, 7) is 2.68. The average molecular weight is 414 g/mol. The maximum Gasteiger partial charge on any atom is 0.231 e. The Balaban J connectivity index is 1.47. The van der Waals surface area contributed by atoms with E-state index in [1.165, 1.54) is 0 Å². The van der Waals surface area contributed by atoms with Gasteiger partial charge in [0.1, 0.15) is 5.65 Å². The van der Waals surface area contributed by atoms with E-state index < -0.39 is 0 Å². The number of carbonyl (C=O) groups is 1. The molecule has 1 aliphatic heterocycles. The van der Waals surface area contributed by atoms with E-state index in [0.29, 0.717) is 12.3 Å². The van der Waals surface area contributed by atoms with E-state index in [4.69, 9.17) is 9.47 Å². The van der Waals surface area contributed by atoms with Gasteiger partial charge in [-0.05, 0) is 47.9 Å². The van der Waals surface area contributed by atoms with Crippen LogP contribution >= 0.6 is 0 Å². The summed E-state index contributed by atoms with van der Waals surface area (Å²) in [5.41, 5.74) is 4.86. The van der Waals surface area contributed by atoms with Gasteiger partial charge in [0.2, 0.25) is 12.7 Å². The minimum absolute atomic E-state index is 0.0471. The minimum atomic E-state index is -0.194. The van der Waals surface area contributed by atoms with Crippen molar-refractivity contribution in [1.82, 2.24) is 19.7 Å². The Bertz CT molecular complexity index is 1240. The number of nitrogens with zero attached hydrogens (tertiary/aromatic N) is 3. The molecule has 0 saturated carbocycles. The Hall–Kier alpha value is -3.87. The fraction of sp³-hybridized carbons (Fsp3) is 0.208. The second-order valence-corrected chi connectivity index (χ2v) is 7.58. The van der Waals surface area contributed by atoms with Crippen LogP contribution in [0.5, 0.6) is 11.5 Å². The van der Waals surface area contributed by atoms with Crippen LogP contribution in [0.15, 0.2) is 67.3 Å². The third-order valence-electron chi connectivity index (χ3n) is 5.52. The lowest BCUT2D eigenvalue weighted by molar-refractivity contribution is -0.121. The molecule has 1 aromatic carbocycles. The van der Waals surface area contributed by atoms with Gasteiger partial charge in [0.25, 0.3) is 0 Å². The molecule has 1 N–H and O–H groups in total. The van der Waals surface area contributed by atoms with Gasteiger partial charge in [0.05, 0.1) is 5.69 Å². The highest BCUT2D eigenvalue weighted by molar-refractivity contribution is 5.77. The Morgan fingerprint density at radius 1 is 1.16 bits per heavy atom. The van der Waals surface area contributed by atoms with Gasteiger partial charge in [-0.3, -0.25) is 9.78 Å². The maximum absolute atomic E-state index is 12.9. The van der Waals surface area contributed by atoms with Crippen molar-refractivity contribution in [3.05, 3.63) is 89.6 Å². The lowest BCUT2D eigenvalue weighted by Gasteiger charge is -2.18. The first-order valence-electron chi connectivity index (χ1n) is 10.2. The summed E-state index contributed by atoms with van der Waals surface area (Å²) in [6.07, 6.45) is 7.59.